The highest BCUT2D eigenvalue weighted by molar-refractivity contribution is 5.89. The van der Waals surface area contributed by atoms with Gasteiger partial charge in [-0.1, -0.05) is 42.0 Å². The lowest BCUT2D eigenvalue weighted by Crippen LogP contribution is -2.34. The Morgan fingerprint density at radius 2 is 2.00 bits per heavy atom. The molecule has 1 atom stereocenters. The Morgan fingerprint density at radius 3 is 2.77 bits per heavy atom. The summed E-state index contributed by atoms with van der Waals surface area (Å²) in [6.07, 6.45) is 10.5. The molecule has 1 aliphatic heterocycles. The lowest BCUT2D eigenvalue weighted by Gasteiger charge is -2.17. The highest BCUT2D eigenvalue weighted by Crippen LogP contribution is 2.21. The number of nitrogens with zero attached hydrogens (tertiary/aromatic N) is 1. The van der Waals surface area contributed by atoms with Crippen LogP contribution in [0.15, 0.2) is 42.0 Å². The molecule has 0 aromatic heterocycles. The molecule has 1 aromatic carbocycles. The largest absolute Gasteiger partial charge is 0.355 e. The summed E-state index contributed by atoms with van der Waals surface area (Å²) in [5, 5.41) is 3.04. The molecular formula is C22H30N2O2. The van der Waals surface area contributed by atoms with Gasteiger partial charge in [-0.3, -0.25) is 9.59 Å². The van der Waals surface area contributed by atoms with E-state index in [4.69, 9.17) is 0 Å². The summed E-state index contributed by atoms with van der Waals surface area (Å²) >= 11 is 0. The zero-order valence-corrected chi connectivity index (χ0v) is 15.6. The van der Waals surface area contributed by atoms with Crippen LogP contribution in [0.4, 0.5) is 0 Å². The van der Waals surface area contributed by atoms with E-state index >= 15 is 0 Å². The van der Waals surface area contributed by atoms with Crippen LogP contribution < -0.4 is 5.32 Å². The Balaban J connectivity index is 1.36. The van der Waals surface area contributed by atoms with E-state index in [9.17, 15) is 9.59 Å². The minimum atomic E-state index is -0.181. The smallest absolute Gasteiger partial charge is 0.225 e. The molecule has 0 bridgehead atoms. The molecule has 1 heterocycles. The second-order valence-corrected chi connectivity index (χ2v) is 7.48. The second-order valence-electron chi connectivity index (χ2n) is 7.48. The molecule has 1 aromatic rings. The van der Waals surface area contributed by atoms with Gasteiger partial charge < -0.3 is 10.2 Å². The van der Waals surface area contributed by atoms with Gasteiger partial charge in [-0.05, 0) is 50.5 Å². The Morgan fingerprint density at radius 1 is 1.15 bits per heavy atom. The quantitative estimate of drug-likeness (QED) is 0.727. The SMILES string of the molecule is O=C(NCCC1=CCCCC1)C1CC(=O)N(CCCc2ccccc2)C1. The summed E-state index contributed by atoms with van der Waals surface area (Å²) < 4.78 is 0. The molecule has 1 N–H and O–H groups in total. The van der Waals surface area contributed by atoms with E-state index in [1.807, 2.05) is 23.1 Å². The van der Waals surface area contributed by atoms with Crippen molar-refractivity contribution in [1.82, 2.24) is 10.2 Å². The molecule has 1 saturated heterocycles. The van der Waals surface area contributed by atoms with Crippen molar-refractivity contribution in [2.45, 2.75) is 51.4 Å². The van der Waals surface area contributed by atoms with Crippen LogP contribution >= 0.6 is 0 Å². The molecule has 26 heavy (non-hydrogen) atoms. The summed E-state index contributed by atoms with van der Waals surface area (Å²) in [7, 11) is 0. The minimum absolute atomic E-state index is 0.0420. The highest BCUT2D eigenvalue weighted by Gasteiger charge is 2.33. The topological polar surface area (TPSA) is 49.4 Å². The van der Waals surface area contributed by atoms with Crippen LogP contribution in [0.2, 0.25) is 0 Å². The van der Waals surface area contributed by atoms with E-state index < -0.39 is 0 Å². The monoisotopic (exact) mass is 354 g/mol. The van der Waals surface area contributed by atoms with Crippen molar-refractivity contribution in [1.29, 1.82) is 0 Å². The van der Waals surface area contributed by atoms with Crippen LogP contribution in [-0.4, -0.2) is 36.3 Å². The van der Waals surface area contributed by atoms with Crippen molar-refractivity contribution < 1.29 is 9.59 Å². The number of hydrogen-bond donors (Lipinski definition) is 1. The zero-order chi connectivity index (χ0) is 18.2. The molecule has 0 radical (unpaired) electrons. The number of allylic oxidation sites excluding steroid dienone is 1. The first-order valence-electron chi connectivity index (χ1n) is 9.99. The van der Waals surface area contributed by atoms with Gasteiger partial charge in [-0.15, -0.1) is 0 Å². The van der Waals surface area contributed by atoms with E-state index in [1.165, 1.54) is 36.8 Å². The average molecular weight is 354 g/mol. The minimum Gasteiger partial charge on any atom is -0.355 e. The lowest BCUT2D eigenvalue weighted by atomic mass is 9.97. The fourth-order valence-electron chi connectivity index (χ4n) is 3.90. The van der Waals surface area contributed by atoms with Gasteiger partial charge in [0.2, 0.25) is 11.8 Å². The van der Waals surface area contributed by atoms with Crippen molar-refractivity contribution in [2.24, 2.45) is 5.92 Å². The first-order chi connectivity index (χ1) is 12.7. The summed E-state index contributed by atoms with van der Waals surface area (Å²) in [6, 6.07) is 10.3. The van der Waals surface area contributed by atoms with Gasteiger partial charge in [-0.2, -0.15) is 0 Å². The van der Waals surface area contributed by atoms with Crippen LogP contribution in [0.5, 0.6) is 0 Å². The predicted octanol–water partition coefficient (Wildman–Crippen LogP) is 3.47. The molecule has 1 fully saturated rings. The number of amides is 2. The van der Waals surface area contributed by atoms with Crippen molar-refractivity contribution in [3.05, 3.63) is 47.5 Å². The molecular weight excluding hydrogens is 324 g/mol. The predicted molar refractivity (Wildman–Crippen MR) is 104 cm³/mol. The van der Waals surface area contributed by atoms with E-state index in [2.05, 4.69) is 23.5 Å². The molecule has 1 unspecified atom stereocenters. The highest BCUT2D eigenvalue weighted by atomic mass is 16.2. The molecule has 2 amide bonds. The Bertz CT molecular complexity index is 639. The third kappa shape index (κ3) is 5.45. The van der Waals surface area contributed by atoms with Gasteiger partial charge in [0.25, 0.3) is 0 Å². The third-order valence-electron chi connectivity index (χ3n) is 5.45. The first kappa shape index (κ1) is 18.7. The van der Waals surface area contributed by atoms with E-state index in [0.717, 1.165) is 25.8 Å². The number of nitrogens with one attached hydrogen (secondary N) is 1. The number of benzene rings is 1. The Hall–Kier alpha value is -2.10. The van der Waals surface area contributed by atoms with Crippen LogP contribution in [0.3, 0.4) is 0 Å². The van der Waals surface area contributed by atoms with Gasteiger partial charge in [0.1, 0.15) is 0 Å². The molecule has 3 rings (SSSR count). The number of carbonyl (C=O) groups is 2. The van der Waals surface area contributed by atoms with E-state index in [0.29, 0.717) is 19.5 Å². The fourth-order valence-corrected chi connectivity index (χ4v) is 3.90. The third-order valence-corrected chi connectivity index (χ3v) is 5.45. The molecule has 140 valence electrons. The first-order valence-corrected chi connectivity index (χ1v) is 9.99. The Kier molecular flexibility index (Phi) is 6.87. The fraction of sp³-hybridized carbons (Fsp3) is 0.545. The average Bonchev–Trinajstić information content (AvgIpc) is 3.04. The maximum absolute atomic E-state index is 12.4. The van der Waals surface area contributed by atoms with Crippen LogP contribution in [0.1, 0.15) is 50.5 Å². The summed E-state index contributed by atoms with van der Waals surface area (Å²) in [4.78, 5) is 26.4. The van der Waals surface area contributed by atoms with Crippen molar-refractivity contribution in [3.63, 3.8) is 0 Å². The van der Waals surface area contributed by atoms with Gasteiger partial charge in [0.15, 0.2) is 0 Å². The van der Waals surface area contributed by atoms with Crippen molar-refractivity contribution in [3.8, 4) is 0 Å². The second kappa shape index (κ2) is 9.56. The maximum atomic E-state index is 12.4. The number of rotatable bonds is 8. The molecule has 4 nitrogen and oxygen atoms in total. The van der Waals surface area contributed by atoms with Crippen molar-refractivity contribution >= 4 is 11.8 Å². The van der Waals surface area contributed by atoms with Crippen molar-refractivity contribution in [2.75, 3.05) is 19.6 Å². The molecule has 0 spiro atoms. The van der Waals surface area contributed by atoms with Gasteiger partial charge in [0, 0.05) is 26.1 Å². The summed E-state index contributed by atoms with van der Waals surface area (Å²) in [6.45, 7) is 2.01. The summed E-state index contributed by atoms with van der Waals surface area (Å²) in [5.41, 5.74) is 2.77. The lowest BCUT2D eigenvalue weighted by molar-refractivity contribution is -0.129. The normalized spacial score (nSPS) is 20.2. The van der Waals surface area contributed by atoms with Crippen LogP contribution in [0, 0.1) is 5.92 Å². The Labute approximate surface area is 156 Å². The molecule has 4 heteroatoms. The number of likely N-dealkylation sites (tertiary alicyclic amines) is 1. The number of hydrogen-bond acceptors (Lipinski definition) is 2. The molecule has 0 saturated carbocycles. The molecule has 1 aliphatic carbocycles. The van der Waals surface area contributed by atoms with E-state index in [1.54, 1.807) is 0 Å². The maximum Gasteiger partial charge on any atom is 0.225 e. The zero-order valence-electron chi connectivity index (χ0n) is 15.6. The van der Waals surface area contributed by atoms with Gasteiger partial charge in [-0.25, -0.2) is 0 Å². The van der Waals surface area contributed by atoms with E-state index in [-0.39, 0.29) is 17.7 Å². The van der Waals surface area contributed by atoms with Gasteiger partial charge >= 0.3 is 0 Å². The van der Waals surface area contributed by atoms with Crippen LogP contribution in [-0.2, 0) is 16.0 Å². The number of carbonyl (C=O) groups excluding carboxylic acids is 2. The summed E-state index contributed by atoms with van der Waals surface area (Å²) in [5.74, 6) is -0.0203. The van der Waals surface area contributed by atoms with Crippen LogP contribution in [0.25, 0.3) is 0 Å². The standard InChI is InChI=1S/C22H30N2O2/c25-21-16-20(22(26)23-14-13-19-10-5-2-6-11-19)17-24(21)15-7-12-18-8-3-1-4-9-18/h1,3-4,8-10,20H,2,5-7,11-17H2,(H,23,26). The molecule has 2 aliphatic rings. The number of aryl methyl sites for hydroxylation is 1. The van der Waals surface area contributed by atoms with Gasteiger partial charge in [0.05, 0.1) is 5.92 Å².